The predicted octanol–water partition coefficient (Wildman–Crippen LogP) is 3.69. The van der Waals surface area contributed by atoms with Crippen molar-refractivity contribution < 1.29 is 0 Å². The van der Waals surface area contributed by atoms with Gasteiger partial charge in [0, 0.05) is 23.4 Å². The van der Waals surface area contributed by atoms with E-state index in [9.17, 15) is 0 Å². The van der Waals surface area contributed by atoms with Gasteiger partial charge in [-0.05, 0) is 46.8 Å². The molecule has 0 aliphatic carbocycles. The fourth-order valence-electron chi connectivity index (χ4n) is 2.50. The monoisotopic (exact) mass is 287 g/mol. The Morgan fingerprint density at radius 3 is 2.60 bits per heavy atom. The molecule has 0 unspecified atom stereocenters. The molecule has 1 aromatic rings. The lowest BCUT2D eigenvalue weighted by atomic mass is 9.72. The molecule has 0 spiro atoms. The zero-order valence-electron chi connectivity index (χ0n) is 9.35. The lowest BCUT2D eigenvalue weighted by Crippen LogP contribution is -2.55. The van der Waals surface area contributed by atoms with Crippen molar-refractivity contribution in [2.24, 2.45) is 11.3 Å². The number of rotatable bonds is 4. The van der Waals surface area contributed by atoms with Gasteiger partial charge < -0.3 is 5.32 Å². The molecule has 1 saturated heterocycles. The highest BCUT2D eigenvalue weighted by atomic mass is 79.9. The molecule has 0 bridgehead atoms. The minimum absolute atomic E-state index is 0.540. The topological polar surface area (TPSA) is 12.0 Å². The van der Waals surface area contributed by atoms with Crippen LogP contribution in [0.2, 0.25) is 0 Å². The summed E-state index contributed by atoms with van der Waals surface area (Å²) in [6.07, 6.45) is 2.59. The van der Waals surface area contributed by atoms with E-state index in [-0.39, 0.29) is 0 Å². The second-order valence-electron chi connectivity index (χ2n) is 5.08. The number of thiophene rings is 1. The van der Waals surface area contributed by atoms with Crippen LogP contribution in [0.5, 0.6) is 0 Å². The van der Waals surface area contributed by atoms with E-state index in [1.54, 1.807) is 0 Å². The Kier molecular flexibility index (Phi) is 3.53. The van der Waals surface area contributed by atoms with Crippen LogP contribution < -0.4 is 5.32 Å². The first kappa shape index (κ1) is 11.6. The van der Waals surface area contributed by atoms with Gasteiger partial charge in [-0.15, -0.1) is 11.3 Å². The first-order chi connectivity index (χ1) is 7.10. The summed E-state index contributed by atoms with van der Waals surface area (Å²) in [4.78, 5) is 1.52. The van der Waals surface area contributed by atoms with Crippen molar-refractivity contribution in [2.45, 2.75) is 26.7 Å². The molecule has 2 rings (SSSR count). The highest BCUT2D eigenvalue weighted by molar-refractivity contribution is 9.11. The van der Waals surface area contributed by atoms with Crippen molar-refractivity contribution in [2.75, 3.05) is 13.1 Å². The summed E-state index contributed by atoms with van der Waals surface area (Å²) < 4.78 is 1.25. The zero-order valence-corrected chi connectivity index (χ0v) is 11.7. The predicted molar refractivity (Wildman–Crippen MR) is 70.5 cm³/mol. The van der Waals surface area contributed by atoms with E-state index in [0.29, 0.717) is 5.41 Å². The van der Waals surface area contributed by atoms with Crippen molar-refractivity contribution in [3.05, 3.63) is 20.8 Å². The van der Waals surface area contributed by atoms with Gasteiger partial charge >= 0.3 is 0 Å². The molecule has 2 heterocycles. The van der Waals surface area contributed by atoms with E-state index in [1.165, 1.54) is 34.6 Å². The number of halogens is 1. The van der Waals surface area contributed by atoms with Crippen LogP contribution in [0.4, 0.5) is 0 Å². The second-order valence-corrected chi connectivity index (χ2v) is 7.63. The molecule has 1 fully saturated rings. The summed E-state index contributed by atoms with van der Waals surface area (Å²) in [5.41, 5.74) is 0.540. The van der Waals surface area contributed by atoms with Gasteiger partial charge in [-0.25, -0.2) is 0 Å². The Hall–Kier alpha value is 0.140. The molecule has 0 amide bonds. The van der Waals surface area contributed by atoms with Crippen LogP contribution in [0.1, 0.15) is 25.1 Å². The van der Waals surface area contributed by atoms with Crippen LogP contribution in [0.15, 0.2) is 15.9 Å². The van der Waals surface area contributed by atoms with Crippen LogP contribution in [0, 0.1) is 11.3 Å². The van der Waals surface area contributed by atoms with Crippen LogP contribution in [0.25, 0.3) is 0 Å². The van der Waals surface area contributed by atoms with Gasteiger partial charge in [0.2, 0.25) is 0 Å². The summed E-state index contributed by atoms with van der Waals surface area (Å²) >= 11 is 5.41. The van der Waals surface area contributed by atoms with Crippen molar-refractivity contribution in [3.63, 3.8) is 0 Å². The fourth-order valence-corrected chi connectivity index (χ4v) is 4.16. The van der Waals surface area contributed by atoms with Crippen molar-refractivity contribution in [1.82, 2.24) is 5.32 Å². The molecule has 3 heteroatoms. The summed E-state index contributed by atoms with van der Waals surface area (Å²) in [7, 11) is 0. The number of nitrogens with one attached hydrogen (secondary N) is 1. The van der Waals surface area contributed by atoms with Crippen LogP contribution in [-0.4, -0.2) is 13.1 Å². The SMILES string of the molecule is CC(C)CC1(Cc2ccc(Br)s2)CNC1. The highest BCUT2D eigenvalue weighted by Gasteiger charge is 2.37. The molecule has 0 atom stereocenters. The van der Waals surface area contributed by atoms with Gasteiger partial charge in [0.05, 0.1) is 3.79 Å². The minimum atomic E-state index is 0.540. The van der Waals surface area contributed by atoms with Crippen LogP contribution >= 0.6 is 27.3 Å². The second kappa shape index (κ2) is 4.56. The standard InChI is InChI=1S/C12H18BrNS/c1-9(2)5-12(7-14-8-12)6-10-3-4-11(13)15-10/h3-4,9,14H,5-8H2,1-2H3. The third-order valence-electron chi connectivity index (χ3n) is 3.02. The first-order valence-corrected chi connectivity index (χ1v) is 7.16. The molecular weight excluding hydrogens is 270 g/mol. The Balaban J connectivity index is 2.01. The molecule has 1 N–H and O–H groups in total. The van der Waals surface area contributed by atoms with Crippen molar-refractivity contribution in [1.29, 1.82) is 0 Å². The summed E-state index contributed by atoms with van der Waals surface area (Å²) in [5, 5.41) is 3.43. The average Bonchev–Trinajstić information content (AvgIpc) is 2.46. The molecule has 1 aliphatic rings. The third-order valence-corrected chi connectivity index (χ3v) is 4.64. The van der Waals surface area contributed by atoms with Gasteiger partial charge in [0.15, 0.2) is 0 Å². The van der Waals surface area contributed by atoms with E-state index in [2.05, 4.69) is 47.2 Å². The number of hydrogen-bond donors (Lipinski definition) is 1. The lowest BCUT2D eigenvalue weighted by molar-refractivity contribution is 0.132. The fraction of sp³-hybridized carbons (Fsp3) is 0.667. The van der Waals surface area contributed by atoms with Crippen LogP contribution in [-0.2, 0) is 6.42 Å². The quantitative estimate of drug-likeness (QED) is 0.891. The van der Waals surface area contributed by atoms with E-state index in [0.717, 1.165) is 5.92 Å². The van der Waals surface area contributed by atoms with Crippen molar-refractivity contribution >= 4 is 27.3 Å². The summed E-state index contributed by atoms with van der Waals surface area (Å²) in [6, 6.07) is 4.42. The first-order valence-electron chi connectivity index (χ1n) is 5.55. The maximum absolute atomic E-state index is 3.53. The van der Waals surface area contributed by atoms with E-state index in [4.69, 9.17) is 0 Å². The normalized spacial score (nSPS) is 19.2. The van der Waals surface area contributed by atoms with Gasteiger partial charge in [0.25, 0.3) is 0 Å². The minimum Gasteiger partial charge on any atom is -0.316 e. The number of hydrogen-bond acceptors (Lipinski definition) is 2. The highest BCUT2D eigenvalue weighted by Crippen LogP contribution is 2.37. The van der Waals surface area contributed by atoms with Gasteiger partial charge in [-0.2, -0.15) is 0 Å². The Morgan fingerprint density at radius 2 is 2.20 bits per heavy atom. The van der Waals surface area contributed by atoms with Crippen LogP contribution in [0.3, 0.4) is 0 Å². The maximum Gasteiger partial charge on any atom is 0.0701 e. The molecule has 15 heavy (non-hydrogen) atoms. The third kappa shape index (κ3) is 2.83. The molecule has 0 radical (unpaired) electrons. The molecule has 1 nitrogen and oxygen atoms in total. The largest absolute Gasteiger partial charge is 0.316 e. The van der Waals surface area contributed by atoms with Gasteiger partial charge in [-0.1, -0.05) is 13.8 Å². The smallest absolute Gasteiger partial charge is 0.0701 e. The van der Waals surface area contributed by atoms with E-state index < -0.39 is 0 Å². The summed E-state index contributed by atoms with van der Waals surface area (Å²) in [6.45, 7) is 7.04. The van der Waals surface area contributed by atoms with E-state index in [1.807, 2.05) is 11.3 Å². The zero-order chi connectivity index (χ0) is 10.9. The Bertz CT molecular complexity index is 328. The lowest BCUT2D eigenvalue weighted by Gasteiger charge is -2.44. The molecule has 0 aromatic carbocycles. The van der Waals surface area contributed by atoms with Gasteiger partial charge in [0.1, 0.15) is 0 Å². The van der Waals surface area contributed by atoms with Gasteiger partial charge in [-0.3, -0.25) is 0 Å². The van der Waals surface area contributed by atoms with E-state index >= 15 is 0 Å². The molecular formula is C12H18BrNS. The molecule has 1 aromatic heterocycles. The Morgan fingerprint density at radius 1 is 1.47 bits per heavy atom. The molecule has 0 saturated carbocycles. The average molecular weight is 288 g/mol. The summed E-state index contributed by atoms with van der Waals surface area (Å²) in [5.74, 6) is 0.801. The van der Waals surface area contributed by atoms with Crippen molar-refractivity contribution in [3.8, 4) is 0 Å². The maximum atomic E-state index is 3.53. The molecule has 84 valence electrons. The molecule has 1 aliphatic heterocycles. The Labute approximate surface area is 104 Å².